The molecule has 0 atom stereocenters. The van der Waals surface area contributed by atoms with Gasteiger partial charge in [-0.25, -0.2) is 0 Å². The Hall–Kier alpha value is -0.990. The summed E-state index contributed by atoms with van der Waals surface area (Å²) in [5.41, 5.74) is 6.99. The topological polar surface area (TPSA) is 46.3 Å². The molecule has 0 saturated carbocycles. The second-order valence-corrected chi connectivity index (χ2v) is 2.96. The minimum absolute atomic E-state index is 0.316. The Kier molecular flexibility index (Phi) is 5.19. The van der Waals surface area contributed by atoms with Gasteiger partial charge in [-0.15, -0.1) is 0 Å². The van der Waals surface area contributed by atoms with Crippen molar-refractivity contribution in [1.29, 1.82) is 0 Å². The van der Waals surface area contributed by atoms with Crippen LogP contribution in [0.1, 0.15) is 34.1 Å². The van der Waals surface area contributed by atoms with Crippen LogP contribution in [0.2, 0.25) is 0 Å². The Bertz CT molecular complexity index is 205. The van der Waals surface area contributed by atoms with Crippen molar-refractivity contribution in [2.24, 2.45) is 5.73 Å². The van der Waals surface area contributed by atoms with E-state index in [1.54, 1.807) is 6.92 Å². The van der Waals surface area contributed by atoms with Crippen LogP contribution in [-0.2, 0) is 4.79 Å². The van der Waals surface area contributed by atoms with Crippen LogP contribution in [0.25, 0.3) is 0 Å². The maximum Gasteiger partial charge on any atom is 0.246 e. The normalized spacial score (nSPS) is 12.3. The highest BCUT2D eigenvalue weighted by Crippen LogP contribution is 2.13. The van der Waals surface area contributed by atoms with E-state index in [2.05, 4.69) is 18.7 Å². The van der Waals surface area contributed by atoms with Crippen molar-refractivity contribution < 1.29 is 4.79 Å². The van der Waals surface area contributed by atoms with E-state index in [0.29, 0.717) is 5.57 Å². The fourth-order valence-corrected chi connectivity index (χ4v) is 1.47. The summed E-state index contributed by atoms with van der Waals surface area (Å²) in [6, 6.07) is 0. The van der Waals surface area contributed by atoms with E-state index in [0.717, 1.165) is 25.2 Å². The minimum Gasteiger partial charge on any atom is -0.375 e. The van der Waals surface area contributed by atoms with Gasteiger partial charge in [0.1, 0.15) is 0 Å². The molecule has 0 aromatic rings. The fourth-order valence-electron chi connectivity index (χ4n) is 1.47. The molecule has 0 radical (unpaired) electrons. The van der Waals surface area contributed by atoms with Crippen molar-refractivity contribution >= 4 is 5.91 Å². The van der Waals surface area contributed by atoms with E-state index in [4.69, 9.17) is 5.73 Å². The smallest absolute Gasteiger partial charge is 0.246 e. The third-order valence-electron chi connectivity index (χ3n) is 2.28. The van der Waals surface area contributed by atoms with E-state index < -0.39 is 0 Å². The number of allylic oxidation sites excluding steroid dienone is 1. The van der Waals surface area contributed by atoms with Crippen molar-refractivity contribution in [3.63, 3.8) is 0 Å². The first-order chi connectivity index (χ1) is 6.08. The first-order valence-electron chi connectivity index (χ1n) is 4.82. The van der Waals surface area contributed by atoms with Gasteiger partial charge in [-0.1, -0.05) is 6.92 Å². The second-order valence-electron chi connectivity index (χ2n) is 2.96. The molecule has 0 aromatic heterocycles. The van der Waals surface area contributed by atoms with Gasteiger partial charge >= 0.3 is 0 Å². The molecule has 3 nitrogen and oxygen atoms in total. The lowest BCUT2D eigenvalue weighted by Crippen LogP contribution is -2.26. The summed E-state index contributed by atoms with van der Waals surface area (Å²) in [6.45, 7) is 9.83. The average molecular weight is 184 g/mol. The Morgan fingerprint density at radius 2 is 1.69 bits per heavy atom. The molecule has 0 aliphatic carbocycles. The lowest BCUT2D eigenvalue weighted by atomic mass is 10.1. The molecule has 0 aromatic carbocycles. The monoisotopic (exact) mass is 184 g/mol. The van der Waals surface area contributed by atoms with Gasteiger partial charge in [0.05, 0.1) is 0 Å². The van der Waals surface area contributed by atoms with E-state index in [1.807, 2.05) is 6.92 Å². The number of carbonyl (C=O) groups excluding carboxylic acids is 1. The summed E-state index contributed by atoms with van der Waals surface area (Å²) in [6.07, 6.45) is 0.858. The van der Waals surface area contributed by atoms with Crippen molar-refractivity contribution in [2.45, 2.75) is 34.1 Å². The fraction of sp³-hybridized carbons (Fsp3) is 0.700. The Balaban J connectivity index is 4.84. The number of hydrogen-bond donors (Lipinski definition) is 1. The van der Waals surface area contributed by atoms with Crippen molar-refractivity contribution in [3.05, 3.63) is 11.3 Å². The number of rotatable bonds is 5. The maximum atomic E-state index is 11.0. The summed E-state index contributed by atoms with van der Waals surface area (Å²) < 4.78 is 0. The van der Waals surface area contributed by atoms with Crippen molar-refractivity contribution in [1.82, 2.24) is 4.90 Å². The Morgan fingerprint density at radius 1 is 1.23 bits per heavy atom. The number of nitrogens with zero attached hydrogens (tertiary/aromatic N) is 1. The number of primary amides is 1. The average Bonchev–Trinajstić information content (AvgIpc) is 2.12. The number of carbonyl (C=O) groups is 1. The highest BCUT2D eigenvalue weighted by atomic mass is 16.1. The molecule has 0 heterocycles. The molecule has 3 heteroatoms. The minimum atomic E-state index is -0.316. The van der Waals surface area contributed by atoms with Crippen LogP contribution >= 0.6 is 0 Å². The van der Waals surface area contributed by atoms with E-state index in [-0.39, 0.29) is 5.91 Å². The van der Waals surface area contributed by atoms with Gasteiger partial charge in [-0.05, 0) is 27.2 Å². The molecule has 76 valence electrons. The van der Waals surface area contributed by atoms with Crippen molar-refractivity contribution in [2.75, 3.05) is 13.1 Å². The molecular formula is C10H20N2O. The van der Waals surface area contributed by atoms with E-state index >= 15 is 0 Å². The highest BCUT2D eigenvalue weighted by molar-refractivity contribution is 5.91. The largest absolute Gasteiger partial charge is 0.375 e. The molecular weight excluding hydrogens is 164 g/mol. The zero-order valence-corrected chi connectivity index (χ0v) is 9.05. The van der Waals surface area contributed by atoms with Crippen LogP contribution in [0.4, 0.5) is 0 Å². The van der Waals surface area contributed by atoms with Crippen molar-refractivity contribution in [3.8, 4) is 0 Å². The van der Waals surface area contributed by atoms with E-state index in [1.165, 1.54) is 0 Å². The van der Waals surface area contributed by atoms with Gasteiger partial charge < -0.3 is 10.6 Å². The molecule has 0 aliphatic rings. The van der Waals surface area contributed by atoms with Gasteiger partial charge in [0.25, 0.3) is 0 Å². The summed E-state index contributed by atoms with van der Waals surface area (Å²) >= 11 is 0. The number of nitrogens with two attached hydrogens (primary N) is 1. The third-order valence-corrected chi connectivity index (χ3v) is 2.28. The van der Waals surface area contributed by atoms with Crippen LogP contribution < -0.4 is 5.73 Å². The predicted octanol–water partition coefficient (Wildman–Crippen LogP) is 1.50. The SMILES string of the molecule is CC/C(=C(\C)C(N)=O)N(CC)CC. The molecule has 1 amide bonds. The van der Waals surface area contributed by atoms with Gasteiger partial charge in [0.2, 0.25) is 5.91 Å². The van der Waals surface area contributed by atoms with Gasteiger partial charge in [-0.3, -0.25) is 4.79 Å². The lowest BCUT2D eigenvalue weighted by Gasteiger charge is -2.25. The summed E-state index contributed by atoms with van der Waals surface area (Å²) in [7, 11) is 0. The molecule has 0 bridgehead atoms. The number of amides is 1. The Labute approximate surface area is 80.6 Å². The first-order valence-corrected chi connectivity index (χ1v) is 4.82. The second kappa shape index (κ2) is 5.62. The molecule has 0 unspecified atom stereocenters. The lowest BCUT2D eigenvalue weighted by molar-refractivity contribution is -0.114. The van der Waals surface area contributed by atoms with Crippen LogP contribution in [0, 0.1) is 0 Å². The molecule has 0 spiro atoms. The standard InChI is InChI=1S/C10H20N2O/c1-5-9(8(4)10(11)13)12(6-2)7-3/h5-7H2,1-4H3,(H2,11,13)/b9-8-. The first kappa shape index (κ1) is 12.0. The van der Waals surface area contributed by atoms with Gasteiger partial charge in [0.15, 0.2) is 0 Å². The van der Waals surface area contributed by atoms with Gasteiger partial charge in [-0.2, -0.15) is 0 Å². The molecule has 13 heavy (non-hydrogen) atoms. The van der Waals surface area contributed by atoms with Crippen LogP contribution in [-0.4, -0.2) is 23.9 Å². The van der Waals surface area contributed by atoms with Crippen LogP contribution in [0.5, 0.6) is 0 Å². The summed E-state index contributed by atoms with van der Waals surface area (Å²) in [4.78, 5) is 13.1. The zero-order chi connectivity index (χ0) is 10.4. The quantitative estimate of drug-likeness (QED) is 0.658. The molecule has 0 fully saturated rings. The molecule has 0 aliphatic heterocycles. The van der Waals surface area contributed by atoms with Crippen LogP contribution in [0.3, 0.4) is 0 Å². The predicted molar refractivity (Wildman–Crippen MR) is 55.1 cm³/mol. The summed E-state index contributed by atoms with van der Waals surface area (Å²) in [5, 5.41) is 0. The zero-order valence-electron chi connectivity index (χ0n) is 9.05. The number of hydrogen-bond acceptors (Lipinski definition) is 2. The van der Waals surface area contributed by atoms with Gasteiger partial charge in [0, 0.05) is 24.4 Å². The van der Waals surface area contributed by atoms with Crippen LogP contribution in [0.15, 0.2) is 11.3 Å². The highest BCUT2D eigenvalue weighted by Gasteiger charge is 2.10. The summed E-state index contributed by atoms with van der Waals surface area (Å²) in [5.74, 6) is -0.316. The van der Waals surface area contributed by atoms with E-state index in [9.17, 15) is 4.79 Å². The maximum absolute atomic E-state index is 11.0. The molecule has 2 N–H and O–H groups in total. The Morgan fingerprint density at radius 3 is 1.92 bits per heavy atom. The molecule has 0 saturated heterocycles. The third kappa shape index (κ3) is 3.09. The molecule has 0 rings (SSSR count).